The van der Waals surface area contributed by atoms with Gasteiger partial charge in [-0.25, -0.2) is 4.98 Å². The summed E-state index contributed by atoms with van der Waals surface area (Å²) >= 11 is 0. The van der Waals surface area contributed by atoms with Gasteiger partial charge in [-0.15, -0.1) is 10.2 Å². The number of hydrogen-bond donors (Lipinski definition) is 0. The number of hydrogen-bond acceptors (Lipinski definition) is 5. The number of likely N-dealkylation sites (tertiary alicyclic amines) is 1. The lowest BCUT2D eigenvalue weighted by molar-refractivity contribution is -0.133. The molecular formula is C17H19N7O. The van der Waals surface area contributed by atoms with Crippen LogP contribution in [-0.2, 0) is 11.3 Å². The van der Waals surface area contributed by atoms with Crippen LogP contribution in [0.3, 0.4) is 0 Å². The summed E-state index contributed by atoms with van der Waals surface area (Å²) in [5.74, 6) is 0.546. The van der Waals surface area contributed by atoms with Gasteiger partial charge >= 0.3 is 0 Å². The molecule has 0 aliphatic carbocycles. The van der Waals surface area contributed by atoms with Gasteiger partial charge < -0.3 is 9.47 Å². The molecule has 1 aliphatic rings. The van der Waals surface area contributed by atoms with Crippen LogP contribution in [-0.4, -0.2) is 53.7 Å². The van der Waals surface area contributed by atoms with Crippen LogP contribution in [0.5, 0.6) is 0 Å². The number of amides is 1. The molecule has 2 aromatic heterocycles. The number of carbonyl (C=O) groups excluding carboxylic acids is 1. The van der Waals surface area contributed by atoms with E-state index in [4.69, 9.17) is 0 Å². The molecule has 25 heavy (non-hydrogen) atoms. The zero-order chi connectivity index (χ0) is 17.1. The van der Waals surface area contributed by atoms with E-state index in [2.05, 4.69) is 25.0 Å². The maximum atomic E-state index is 12.6. The summed E-state index contributed by atoms with van der Waals surface area (Å²) in [6.07, 6.45) is 7.56. The van der Waals surface area contributed by atoms with E-state index in [0.29, 0.717) is 12.4 Å². The van der Waals surface area contributed by atoms with E-state index in [9.17, 15) is 4.79 Å². The fraction of sp³-hybridized carbons (Fsp3) is 0.353. The Labute approximate surface area is 145 Å². The van der Waals surface area contributed by atoms with Crippen molar-refractivity contribution in [2.45, 2.75) is 25.4 Å². The van der Waals surface area contributed by atoms with E-state index in [1.165, 1.54) is 4.80 Å². The molecule has 3 aromatic rings. The minimum absolute atomic E-state index is 0.0156. The van der Waals surface area contributed by atoms with Crippen molar-refractivity contribution in [3.05, 3.63) is 49.1 Å². The van der Waals surface area contributed by atoms with Crippen LogP contribution in [0.4, 0.5) is 0 Å². The highest BCUT2D eigenvalue weighted by Crippen LogP contribution is 2.21. The third-order valence-corrected chi connectivity index (χ3v) is 4.46. The van der Waals surface area contributed by atoms with E-state index in [0.717, 1.165) is 24.9 Å². The second-order valence-electron chi connectivity index (χ2n) is 6.16. The maximum absolute atomic E-state index is 12.6. The van der Waals surface area contributed by atoms with Crippen LogP contribution < -0.4 is 0 Å². The Kier molecular flexibility index (Phi) is 4.24. The Morgan fingerprint density at radius 3 is 2.92 bits per heavy atom. The number of rotatable bonds is 4. The Morgan fingerprint density at radius 2 is 2.12 bits per heavy atom. The summed E-state index contributed by atoms with van der Waals surface area (Å²) in [6, 6.07) is 9.90. The van der Waals surface area contributed by atoms with Crippen LogP contribution >= 0.6 is 0 Å². The lowest BCUT2D eigenvalue weighted by Gasteiger charge is -2.33. The molecule has 4 rings (SSSR count). The lowest BCUT2D eigenvalue weighted by Crippen LogP contribution is -2.42. The molecule has 1 aromatic carbocycles. The highest BCUT2D eigenvalue weighted by Gasteiger charge is 2.25. The molecule has 3 heterocycles. The molecule has 1 aliphatic heterocycles. The van der Waals surface area contributed by atoms with Crippen LogP contribution in [0.1, 0.15) is 18.9 Å². The molecular weight excluding hydrogens is 318 g/mol. The third-order valence-electron chi connectivity index (χ3n) is 4.46. The summed E-state index contributed by atoms with van der Waals surface area (Å²) in [5, 5.41) is 12.4. The van der Waals surface area contributed by atoms with Crippen molar-refractivity contribution < 1.29 is 4.79 Å². The first-order valence-electron chi connectivity index (χ1n) is 8.38. The van der Waals surface area contributed by atoms with E-state index >= 15 is 0 Å². The molecule has 128 valence electrons. The van der Waals surface area contributed by atoms with Gasteiger partial charge in [-0.3, -0.25) is 4.79 Å². The Hall–Kier alpha value is -3.03. The number of aromatic nitrogens is 6. The fourth-order valence-corrected chi connectivity index (χ4v) is 3.14. The molecule has 0 saturated carbocycles. The van der Waals surface area contributed by atoms with Gasteiger partial charge in [0.15, 0.2) is 0 Å². The lowest BCUT2D eigenvalue weighted by atomic mass is 10.1. The molecule has 1 fully saturated rings. The summed E-state index contributed by atoms with van der Waals surface area (Å²) in [5.41, 5.74) is 0.888. The van der Waals surface area contributed by atoms with Crippen LogP contribution in [0.15, 0.2) is 49.1 Å². The molecule has 0 radical (unpaired) electrons. The predicted molar refractivity (Wildman–Crippen MR) is 90.3 cm³/mol. The third kappa shape index (κ3) is 3.42. The first-order chi connectivity index (χ1) is 12.3. The van der Waals surface area contributed by atoms with Gasteiger partial charge in [-0.1, -0.05) is 30.3 Å². The zero-order valence-corrected chi connectivity index (χ0v) is 13.8. The summed E-state index contributed by atoms with van der Waals surface area (Å²) < 4.78 is 2.07. The Morgan fingerprint density at radius 1 is 1.24 bits per heavy atom. The van der Waals surface area contributed by atoms with Crippen molar-refractivity contribution in [3.63, 3.8) is 0 Å². The summed E-state index contributed by atoms with van der Waals surface area (Å²) in [4.78, 5) is 19.9. The smallest absolute Gasteiger partial charge is 0.246 e. The largest absolute Gasteiger partial charge is 0.339 e. The monoisotopic (exact) mass is 337 g/mol. The Balaban J connectivity index is 1.41. The van der Waals surface area contributed by atoms with Gasteiger partial charge in [0.1, 0.15) is 6.54 Å². The quantitative estimate of drug-likeness (QED) is 0.719. The minimum atomic E-state index is 0.0156. The number of tetrazole rings is 1. The highest BCUT2D eigenvalue weighted by molar-refractivity contribution is 5.76. The number of piperidine rings is 1. The number of nitrogens with zero attached hydrogens (tertiary/aromatic N) is 7. The van der Waals surface area contributed by atoms with Gasteiger partial charge in [-0.05, 0) is 18.1 Å². The van der Waals surface area contributed by atoms with Crippen LogP contribution in [0.2, 0.25) is 0 Å². The van der Waals surface area contributed by atoms with E-state index in [1.807, 2.05) is 47.8 Å². The second-order valence-corrected chi connectivity index (χ2v) is 6.16. The standard InChI is InChI=1S/C17H19N7O/c25-16(22-9-4-7-15(11-22)23-10-8-18-13-23)12-24-20-17(19-21-24)14-5-2-1-3-6-14/h1-3,5-6,8,10,13,15H,4,7,9,11-12H2/t15-/m0/s1. The Bertz CT molecular complexity index is 828. The first-order valence-corrected chi connectivity index (χ1v) is 8.38. The van der Waals surface area contributed by atoms with Crippen molar-refractivity contribution in [2.24, 2.45) is 0 Å². The van der Waals surface area contributed by atoms with E-state index < -0.39 is 0 Å². The van der Waals surface area contributed by atoms with Gasteiger partial charge in [0.2, 0.25) is 11.7 Å². The molecule has 1 atom stereocenters. The van der Waals surface area contributed by atoms with Gasteiger partial charge in [0.25, 0.3) is 0 Å². The number of carbonyl (C=O) groups is 1. The number of benzene rings is 1. The van der Waals surface area contributed by atoms with Crippen molar-refractivity contribution in [2.75, 3.05) is 13.1 Å². The molecule has 8 heteroatoms. The molecule has 0 spiro atoms. The van der Waals surface area contributed by atoms with E-state index in [1.54, 1.807) is 6.20 Å². The second kappa shape index (κ2) is 6.84. The van der Waals surface area contributed by atoms with Crippen LogP contribution in [0.25, 0.3) is 11.4 Å². The van der Waals surface area contributed by atoms with Crippen molar-refractivity contribution in [1.82, 2.24) is 34.7 Å². The molecule has 0 unspecified atom stereocenters. The maximum Gasteiger partial charge on any atom is 0.246 e. The first kappa shape index (κ1) is 15.5. The van der Waals surface area contributed by atoms with Crippen LogP contribution in [0, 0.1) is 0 Å². The summed E-state index contributed by atoms with van der Waals surface area (Å²) in [6.45, 7) is 1.57. The molecule has 1 saturated heterocycles. The average molecular weight is 337 g/mol. The molecule has 0 N–H and O–H groups in total. The topological polar surface area (TPSA) is 81.7 Å². The predicted octanol–water partition coefficient (Wildman–Crippen LogP) is 1.40. The minimum Gasteiger partial charge on any atom is -0.339 e. The normalized spacial score (nSPS) is 17.6. The van der Waals surface area contributed by atoms with E-state index in [-0.39, 0.29) is 18.5 Å². The van der Waals surface area contributed by atoms with Crippen molar-refractivity contribution in [3.8, 4) is 11.4 Å². The average Bonchev–Trinajstić information content (AvgIpc) is 3.35. The molecule has 8 nitrogen and oxygen atoms in total. The molecule has 0 bridgehead atoms. The van der Waals surface area contributed by atoms with Gasteiger partial charge in [-0.2, -0.15) is 4.80 Å². The van der Waals surface area contributed by atoms with Crippen molar-refractivity contribution in [1.29, 1.82) is 0 Å². The van der Waals surface area contributed by atoms with Crippen molar-refractivity contribution >= 4 is 5.91 Å². The van der Waals surface area contributed by atoms with Gasteiger partial charge in [0, 0.05) is 31.0 Å². The molecule has 1 amide bonds. The SMILES string of the molecule is O=C(Cn1nnc(-c2ccccc2)n1)N1CCC[C@H](n2ccnc2)C1. The zero-order valence-electron chi connectivity index (χ0n) is 13.8. The van der Waals surface area contributed by atoms with Gasteiger partial charge in [0.05, 0.1) is 12.4 Å². The highest BCUT2D eigenvalue weighted by atomic mass is 16.2. The number of imidazole rings is 1. The summed E-state index contributed by atoms with van der Waals surface area (Å²) in [7, 11) is 0. The fourth-order valence-electron chi connectivity index (χ4n) is 3.14.